The molecule has 4 fully saturated rings. The molecule has 0 bridgehead atoms. The molecule has 226 valence electrons. The maximum atomic E-state index is 10.3. The highest BCUT2D eigenvalue weighted by Crippen LogP contribution is 2.62. The number of aliphatic hydroxyl groups excluding tert-OH is 1. The SMILES string of the molecule is CC(O)C1CCC(C2C3CCCC=C3C(C3CCC4CCC5CCC6=C(CCCC6)C5C4C3)=C3CCCCC32)CC1. The van der Waals surface area contributed by atoms with Crippen LogP contribution in [0.1, 0.15) is 148 Å². The van der Waals surface area contributed by atoms with Gasteiger partial charge in [-0.25, -0.2) is 0 Å². The van der Waals surface area contributed by atoms with Gasteiger partial charge < -0.3 is 5.11 Å². The van der Waals surface area contributed by atoms with Crippen molar-refractivity contribution in [1.29, 1.82) is 0 Å². The third-order valence-corrected chi connectivity index (χ3v) is 15.0. The van der Waals surface area contributed by atoms with Gasteiger partial charge in [0.05, 0.1) is 6.10 Å². The number of hydrogen-bond acceptors (Lipinski definition) is 1. The van der Waals surface area contributed by atoms with Gasteiger partial charge in [-0.2, -0.15) is 0 Å². The summed E-state index contributed by atoms with van der Waals surface area (Å²) in [4.78, 5) is 0. The van der Waals surface area contributed by atoms with Crippen molar-refractivity contribution < 1.29 is 5.11 Å². The minimum atomic E-state index is -0.108. The van der Waals surface area contributed by atoms with E-state index in [9.17, 15) is 5.11 Å². The fraction of sp³-hybridized carbons (Fsp3) is 0.850. The van der Waals surface area contributed by atoms with Crippen molar-refractivity contribution >= 4 is 0 Å². The fourth-order valence-corrected chi connectivity index (χ4v) is 13.2. The van der Waals surface area contributed by atoms with Crippen LogP contribution in [-0.4, -0.2) is 11.2 Å². The third kappa shape index (κ3) is 4.90. The summed E-state index contributed by atoms with van der Waals surface area (Å²) in [5.74, 6) is 9.05. The van der Waals surface area contributed by atoms with Gasteiger partial charge >= 0.3 is 0 Å². The number of fused-ring (bicyclic) bond motifs is 6. The van der Waals surface area contributed by atoms with Crippen molar-refractivity contribution in [2.24, 2.45) is 59.2 Å². The minimum Gasteiger partial charge on any atom is -0.393 e. The first kappa shape index (κ1) is 27.7. The molecule has 0 radical (unpaired) electrons. The summed E-state index contributed by atoms with van der Waals surface area (Å²) in [7, 11) is 0. The molecular formula is C40H60O. The molecule has 1 heteroatoms. The third-order valence-electron chi connectivity index (χ3n) is 15.0. The first-order chi connectivity index (χ1) is 20.2. The number of aliphatic hydroxyl groups is 1. The normalized spacial score (nSPS) is 45.5. The Balaban J connectivity index is 1.12. The van der Waals surface area contributed by atoms with E-state index in [1.54, 1.807) is 19.3 Å². The summed E-state index contributed by atoms with van der Waals surface area (Å²) in [6.45, 7) is 2.05. The highest BCUT2D eigenvalue weighted by atomic mass is 16.3. The van der Waals surface area contributed by atoms with Crippen molar-refractivity contribution in [1.82, 2.24) is 0 Å². The van der Waals surface area contributed by atoms with Crippen LogP contribution in [0.4, 0.5) is 0 Å². The molecule has 8 aliphatic carbocycles. The summed E-state index contributed by atoms with van der Waals surface area (Å²) in [5.41, 5.74) is 9.92. The van der Waals surface area contributed by atoms with E-state index in [0.29, 0.717) is 5.92 Å². The number of hydrogen-bond donors (Lipinski definition) is 1. The molecule has 0 saturated heterocycles. The van der Waals surface area contributed by atoms with Crippen LogP contribution >= 0.6 is 0 Å². The Bertz CT molecular complexity index is 1060. The fourth-order valence-electron chi connectivity index (χ4n) is 13.2. The molecule has 0 aromatic carbocycles. The number of rotatable bonds is 3. The van der Waals surface area contributed by atoms with Crippen LogP contribution in [0.25, 0.3) is 0 Å². The second-order valence-corrected chi connectivity index (χ2v) is 16.7. The Morgan fingerprint density at radius 1 is 0.659 bits per heavy atom. The summed E-state index contributed by atoms with van der Waals surface area (Å²) < 4.78 is 0. The van der Waals surface area contributed by atoms with Crippen molar-refractivity contribution in [3.63, 3.8) is 0 Å². The smallest absolute Gasteiger partial charge is 0.0540 e. The molecule has 0 aliphatic heterocycles. The van der Waals surface area contributed by atoms with E-state index in [2.05, 4.69) is 6.08 Å². The Kier molecular flexibility index (Phi) is 7.84. The Morgan fingerprint density at radius 2 is 1.39 bits per heavy atom. The first-order valence-corrected chi connectivity index (χ1v) is 19.0. The van der Waals surface area contributed by atoms with Crippen molar-refractivity contribution in [3.8, 4) is 0 Å². The van der Waals surface area contributed by atoms with Gasteiger partial charge in [0.15, 0.2) is 0 Å². The summed E-state index contributed by atoms with van der Waals surface area (Å²) >= 11 is 0. The topological polar surface area (TPSA) is 20.2 Å². The van der Waals surface area contributed by atoms with E-state index < -0.39 is 0 Å². The average molecular weight is 557 g/mol. The Morgan fingerprint density at radius 3 is 2.27 bits per heavy atom. The van der Waals surface area contributed by atoms with E-state index in [0.717, 1.165) is 53.3 Å². The Hall–Kier alpha value is -0.820. The lowest BCUT2D eigenvalue weighted by Gasteiger charge is -2.55. The summed E-state index contributed by atoms with van der Waals surface area (Å²) in [6.07, 6.45) is 34.7. The van der Waals surface area contributed by atoms with Gasteiger partial charge in [0, 0.05) is 0 Å². The van der Waals surface area contributed by atoms with Gasteiger partial charge in [0.2, 0.25) is 0 Å². The van der Waals surface area contributed by atoms with Crippen LogP contribution in [0, 0.1) is 59.2 Å². The molecule has 8 rings (SSSR count). The van der Waals surface area contributed by atoms with Crippen LogP contribution in [0.5, 0.6) is 0 Å². The van der Waals surface area contributed by atoms with E-state index >= 15 is 0 Å². The molecule has 0 aromatic rings. The van der Waals surface area contributed by atoms with Crippen LogP contribution in [-0.2, 0) is 0 Å². The first-order valence-electron chi connectivity index (χ1n) is 19.0. The summed E-state index contributed by atoms with van der Waals surface area (Å²) in [5, 5.41) is 10.3. The molecule has 0 aromatic heterocycles. The van der Waals surface area contributed by atoms with Gasteiger partial charge in [0.1, 0.15) is 0 Å². The molecule has 0 spiro atoms. The predicted molar refractivity (Wildman–Crippen MR) is 170 cm³/mol. The molecule has 0 heterocycles. The molecule has 1 N–H and O–H groups in total. The molecule has 41 heavy (non-hydrogen) atoms. The second-order valence-electron chi connectivity index (χ2n) is 16.7. The molecule has 8 aliphatic rings. The lowest BCUT2D eigenvalue weighted by molar-refractivity contribution is 0.0392. The van der Waals surface area contributed by atoms with Crippen LogP contribution < -0.4 is 0 Å². The predicted octanol–water partition coefficient (Wildman–Crippen LogP) is 10.7. The molecule has 0 amide bonds. The van der Waals surface area contributed by atoms with Crippen LogP contribution in [0.3, 0.4) is 0 Å². The zero-order chi connectivity index (χ0) is 27.5. The zero-order valence-electron chi connectivity index (χ0n) is 26.4. The van der Waals surface area contributed by atoms with Crippen molar-refractivity contribution in [2.45, 2.75) is 154 Å². The van der Waals surface area contributed by atoms with Crippen LogP contribution in [0.2, 0.25) is 0 Å². The molecule has 9 atom stereocenters. The van der Waals surface area contributed by atoms with Crippen molar-refractivity contribution in [2.75, 3.05) is 0 Å². The maximum absolute atomic E-state index is 10.3. The van der Waals surface area contributed by atoms with Gasteiger partial charge in [-0.05, 0) is 212 Å². The van der Waals surface area contributed by atoms with E-state index in [1.807, 2.05) is 34.8 Å². The van der Waals surface area contributed by atoms with Gasteiger partial charge in [-0.1, -0.05) is 29.2 Å². The lowest BCUT2D eigenvalue weighted by Crippen LogP contribution is -2.45. The standard InChI is InChI=1S/C40H60O/c1-25(41)26-14-19-30(20-15-26)39-33-10-4-6-12-35(33)40(36-13-7-5-11-34(36)39)31-23-18-28-17-22-29-21-16-27-8-2-3-9-32(27)38(29)37(28)24-31/h12,25-26,28-31,33-34,37-39,41H,2-11,13-24H2,1H3. The van der Waals surface area contributed by atoms with Gasteiger partial charge in [-0.15, -0.1) is 0 Å². The quantitative estimate of drug-likeness (QED) is 0.343. The highest BCUT2D eigenvalue weighted by molar-refractivity contribution is 5.46. The number of allylic oxidation sites excluding steroid dienone is 6. The van der Waals surface area contributed by atoms with E-state index in [-0.39, 0.29) is 6.10 Å². The van der Waals surface area contributed by atoms with Gasteiger partial charge in [-0.3, -0.25) is 0 Å². The molecule has 1 nitrogen and oxygen atoms in total. The van der Waals surface area contributed by atoms with E-state index in [1.165, 1.54) is 122 Å². The summed E-state index contributed by atoms with van der Waals surface area (Å²) in [6, 6.07) is 0. The second kappa shape index (κ2) is 11.6. The van der Waals surface area contributed by atoms with E-state index in [4.69, 9.17) is 0 Å². The highest BCUT2D eigenvalue weighted by Gasteiger charge is 2.51. The monoisotopic (exact) mass is 556 g/mol. The maximum Gasteiger partial charge on any atom is 0.0540 e. The van der Waals surface area contributed by atoms with Crippen molar-refractivity contribution in [3.05, 3.63) is 33.9 Å². The zero-order valence-corrected chi connectivity index (χ0v) is 26.4. The van der Waals surface area contributed by atoms with Crippen LogP contribution in [0.15, 0.2) is 33.9 Å². The molecule has 4 saturated carbocycles. The van der Waals surface area contributed by atoms with Gasteiger partial charge in [0.25, 0.3) is 0 Å². The largest absolute Gasteiger partial charge is 0.393 e. The minimum absolute atomic E-state index is 0.108. The molecular weight excluding hydrogens is 496 g/mol. The Labute approximate surface area is 252 Å². The molecule has 9 unspecified atom stereocenters. The lowest BCUT2D eigenvalue weighted by atomic mass is 9.50. The average Bonchev–Trinajstić information content (AvgIpc) is 3.03.